The number of hydrogen-bond acceptors (Lipinski definition) is 5. The van der Waals surface area contributed by atoms with E-state index in [9.17, 15) is 9.59 Å². The SMILES string of the molecule is CCCCOC(=O)CC.CCc1occc(=O)c1O. The minimum Gasteiger partial charge on any atom is -0.502 e. The third kappa shape index (κ3) is 7.28. The van der Waals surface area contributed by atoms with Crippen LogP contribution in [-0.4, -0.2) is 17.7 Å². The zero-order valence-corrected chi connectivity index (χ0v) is 11.8. The monoisotopic (exact) mass is 270 g/mol. The first-order valence-electron chi connectivity index (χ1n) is 6.51. The lowest BCUT2D eigenvalue weighted by atomic mass is 10.3. The van der Waals surface area contributed by atoms with Gasteiger partial charge in [-0.2, -0.15) is 0 Å². The van der Waals surface area contributed by atoms with E-state index in [2.05, 4.69) is 6.92 Å². The van der Waals surface area contributed by atoms with Gasteiger partial charge in [0.1, 0.15) is 5.76 Å². The van der Waals surface area contributed by atoms with Crippen molar-refractivity contribution in [3.05, 3.63) is 28.3 Å². The fraction of sp³-hybridized carbons (Fsp3) is 0.571. The van der Waals surface area contributed by atoms with Crippen LogP contribution in [0.25, 0.3) is 0 Å². The van der Waals surface area contributed by atoms with Crippen LogP contribution in [0.2, 0.25) is 0 Å². The fourth-order valence-electron chi connectivity index (χ4n) is 1.13. The van der Waals surface area contributed by atoms with Crippen LogP contribution in [0, 0.1) is 0 Å². The van der Waals surface area contributed by atoms with Gasteiger partial charge >= 0.3 is 5.97 Å². The molecule has 5 heteroatoms. The molecule has 19 heavy (non-hydrogen) atoms. The molecule has 0 aliphatic heterocycles. The summed E-state index contributed by atoms with van der Waals surface area (Å²) in [4.78, 5) is 21.2. The second-order valence-electron chi connectivity index (χ2n) is 3.84. The standard InChI is InChI=1S/C7H8O3.C7H14O2/c1-2-6-7(9)5(8)3-4-10-6;1-3-5-6-9-7(8)4-2/h3-4,9H,2H2,1H3;3-6H2,1-2H3. The van der Waals surface area contributed by atoms with Crippen molar-refractivity contribution in [3.8, 4) is 5.75 Å². The minimum absolute atomic E-state index is 0.0940. The molecule has 0 unspecified atom stereocenters. The van der Waals surface area contributed by atoms with Gasteiger partial charge in [0.05, 0.1) is 12.9 Å². The topological polar surface area (TPSA) is 76.7 Å². The first-order chi connectivity index (χ1) is 9.06. The molecule has 108 valence electrons. The molecule has 0 spiro atoms. The predicted molar refractivity (Wildman–Crippen MR) is 72.2 cm³/mol. The summed E-state index contributed by atoms with van der Waals surface area (Å²) < 4.78 is 9.63. The third-order valence-corrected chi connectivity index (χ3v) is 2.30. The van der Waals surface area contributed by atoms with Gasteiger partial charge < -0.3 is 14.3 Å². The lowest BCUT2D eigenvalue weighted by Crippen LogP contribution is -2.02. The van der Waals surface area contributed by atoms with E-state index in [4.69, 9.17) is 14.3 Å². The molecule has 0 aromatic carbocycles. The summed E-state index contributed by atoms with van der Waals surface area (Å²) in [6.45, 7) is 6.26. The van der Waals surface area contributed by atoms with Crippen molar-refractivity contribution in [2.45, 2.75) is 46.5 Å². The molecule has 0 saturated carbocycles. The van der Waals surface area contributed by atoms with Crippen molar-refractivity contribution < 1.29 is 19.1 Å². The Morgan fingerprint density at radius 3 is 2.53 bits per heavy atom. The summed E-state index contributed by atoms with van der Waals surface area (Å²) in [5.41, 5.74) is -0.386. The Labute approximate surface area is 113 Å². The van der Waals surface area contributed by atoms with Gasteiger partial charge in [0, 0.05) is 18.9 Å². The van der Waals surface area contributed by atoms with Gasteiger partial charge in [-0.1, -0.05) is 27.2 Å². The highest BCUT2D eigenvalue weighted by Crippen LogP contribution is 2.09. The first kappa shape index (κ1) is 17.2. The zero-order chi connectivity index (χ0) is 14.7. The highest BCUT2D eigenvalue weighted by atomic mass is 16.5. The van der Waals surface area contributed by atoms with Gasteiger partial charge in [-0.15, -0.1) is 0 Å². The highest BCUT2D eigenvalue weighted by molar-refractivity contribution is 5.68. The lowest BCUT2D eigenvalue weighted by molar-refractivity contribution is -0.143. The maximum absolute atomic E-state index is 10.7. The second-order valence-corrected chi connectivity index (χ2v) is 3.84. The van der Waals surface area contributed by atoms with Crippen LogP contribution >= 0.6 is 0 Å². The molecule has 1 aromatic rings. The summed E-state index contributed by atoms with van der Waals surface area (Å²) >= 11 is 0. The van der Waals surface area contributed by atoms with Crippen LogP contribution in [0.1, 0.15) is 45.8 Å². The number of hydrogen-bond donors (Lipinski definition) is 1. The van der Waals surface area contributed by atoms with Gasteiger partial charge in [0.15, 0.2) is 0 Å². The smallest absolute Gasteiger partial charge is 0.305 e. The van der Waals surface area contributed by atoms with Crippen molar-refractivity contribution in [2.75, 3.05) is 6.61 Å². The normalized spacial score (nSPS) is 9.42. The van der Waals surface area contributed by atoms with E-state index in [1.54, 1.807) is 13.8 Å². The third-order valence-electron chi connectivity index (χ3n) is 2.30. The molecule has 0 bridgehead atoms. The van der Waals surface area contributed by atoms with Crippen molar-refractivity contribution in [3.63, 3.8) is 0 Å². The molecule has 0 saturated heterocycles. The van der Waals surface area contributed by atoms with Gasteiger partial charge in [0.25, 0.3) is 0 Å². The van der Waals surface area contributed by atoms with Crippen LogP contribution in [-0.2, 0) is 16.0 Å². The summed E-state index contributed by atoms with van der Waals surface area (Å²) in [5, 5.41) is 8.99. The number of ether oxygens (including phenoxy) is 1. The van der Waals surface area contributed by atoms with Gasteiger partial charge in [-0.25, -0.2) is 0 Å². The molecule has 1 aromatic heterocycles. The van der Waals surface area contributed by atoms with E-state index in [0.29, 0.717) is 25.2 Å². The van der Waals surface area contributed by atoms with Crippen molar-refractivity contribution in [1.82, 2.24) is 0 Å². The second kappa shape index (κ2) is 10.2. The van der Waals surface area contributed by atoms with Crippen LogP contribution in [0.15, 0.2) is 21.5 Å². The molecule has 0 aliphatic rings. The summed E-state index contributed by atoms with van der Waals surface area (Å²) in [5.74, 6) is -0.0269. The molecule has 1 heterocycles. The number of rotatable bonds is 5. The maximum Gasteiger partial charge on any atom is 0.305 e. The molecule has 0 radical (unpaired) electrons. The molecule has 5 nitrogen and oxygen atoms in total. The molecule has 1 rings (SSSR count). The van der Waals surface area contributed by atoms with E-state index in [-0.39, 0.29) is 17.1 Å². The summed E-state index contributed by atoms with van der Waals surface area (Å²) in [6, 6.07) is 1.19. The Balaban J connectivity index is 0.000000344. The molecule has 0 atom stereocenters. The number of carbonyl (C=O) groups is 1. The zero-order valence-electron chi connectivity index (χ0n) is 11.8. The van der Waals surface area contributed by atoms with Crippen LogP contribution in [0.4, 0.5) is 0 Å². The number of aromatic hydroxyl groups is 1. The molecule has 0 amide bonds. The Kier molecular flexibility index (Phi) is 9.22. The molecule has 0 aliphatic carbocycles. The number of aryl methyl sites for hydroxylation is 1. The highest BCUT2D eigenvalue weighted by Gasteiger charge is 2.02. The molecular weight excluding hydrogens is 248 g/mol. The van der Waals surface area contributed by atoms with Gasteiger partial charge in [-0.3, -0.25) is 9.59 Å². The quantitative estimate of drug-likeness (QED) is 0.657. The average molecular weight is 270 g/mol. The van der Waals surface area contributed by atoms with Crippen LogP contribution in [0.5, 0.6) is 5.75 Å². The summed E-state index contributed by atoms with van der Waals surface area (Å²) in [7, 11) is 0. The maximum atomic E-state index is 10.7. The van der Waals surface area contributed by atoms with Crippen molar-refractivity contribution in [2.24, 2.45) is 0 Å². The number of esters is 1. The Hall–Kier alpha value is -1.78. The van der Waals surface area contributed by atoms with Crippen molar-refractivity contribution >= 4 is 5.97 Å². The van der Waals surface area contributed by atoms with E-state index in [0.717, 1.165) is 12.8 Å². The Bertz CT molecular complexity index is 422. The van der Waals surface area contributed by atoms with Crippen LogP contribution < -0.4 is 5.43 Å². The van der Waals surface area contributed by atoms with E-state index >= 15 is 0 Å². The largest absolute Gasteiger partial charge is 0.502 e. The van der Waals surface area contributed by atoms with Crippen molar-refractivity contribution in [1.29, 1.82) is 0 Å². The predicted octanol–water partition coefficient (Wildman–Crippen LogP) is 2.65. The summed E-state index contributed by atoms with van der Waals surface area (Å²) in [6.07, 6.45) is 4.36. The molecule has 0 fully saturated rings. The van der Waals surface area contributed by atoms with Gasteiger partial charge in [-0.05, 0) is 6.42 Å². The fourth-order valence-corrected chi connectivity index (χ4v) is 1.13. The van der Waals surface area contributed by atoms with Crippen LogP contribution in [0.3, 0.4) is 0 Å². The Morgan fingerprint density at radius 1 is 1.37 bits per heavy atom. The Morgan fingerprint density at radius 2 is 2.05 bits per heavy atom. The molecule has 1 N–H and O–H groups in total. The van der Waals surface area contributed by atoms with E-state index in [1.807, 2.05) is 0 Å². The minimum atomic E-state index is -0.386. The number of carbonyl (C=O) groups excluding carboxylic acids is 1. The lowest BCUT2D eigenvalue weighted by Gasteiger charge is -1.99. The van der Waals surface area contributed by atoms with Gasteiger partial charge in [0.2, 0.25) is 11.2 Å². The first-order valence-corrected chi connectivity index (χ1v) is 6.51. The van der Waals surface area contributed by atoms with E-state index in [1.165, 1.54) is 12.3 Å². The number of unbranched alkanes of at least 4 members (excludes halogenated alkanes) is 1. The molecular formula is C14H22O5. The average Bonchev–Trinajstić information content (AvgIpc) is 2.42. The van der Waals surface area contributed by atoms with E-state index < -0.39 is 0 Å².